The SMILES string of the molecule is CCC1=CC(c2ccc(OC)cc2)=CC(CC)=C(CC)C1CC. The van der Waals surface area contributed by atoms with Crippen LogP contribution in [0.4, 0.5) is 0 Å². The smallest absolute Gasteiger partial charge is 0.118 e. The molecule has 1 nitrogen and oxygen atoms in total. The van der Waals surface area contributed by atoms with E-state index in [0.717, 1.165) is 25.0 Å². The molecule has 0 heterocycles. The minimum Gasteiger partial charge on any atom is -0.497 e. The standard InChI is InChI=1S/C22H30O/c1-6-16-14-19(18-10-12-20(23-5)13-11-18)15-17(7-2)22(9-4)21(16)8-3/h10-15,21H,6-9H2,1-5H3. The van der Waals surface area contributed by atoms with Gasteiger partial charge in [0.15, 0.2) is 0 Å². The zero-order chi connectivity index (χ0) is 16.8. The highest BCUT2D eigenvalue weighted by atomic mass is 16.5. The van der Waals surface area contributed by atoms with E-state index >= 15 is 0 Å². The summed E-state index contributed by atoms with van der Waals surface area (Å²) in [5.74, 6) is 1.52. The van der Waals surface area contributed by atoms with Crippen molar-refractivity contribution in [3.05, 3.63) is 58.7 Å². The molecule has 0 bridgehead atoms. The van der Waals surface area contributed by atoms with E-state index in [1.165, 1.54) is 23.1 Å². The van der Waals surface area contributed by atoms with Crippen LogP contribution < -0.4 is 4.74 Å². The largest absolute Gasteiger partial charge is 0.497 e. The molecule has 0 aliphatic heterocycles. The van der Waals surface area contributed by atoms with Crippen molar-refractivity contribution < 1.29 is 4.74 Å². The van der Waals surface area contributed by atoms with Gasteiger partial charge in [0.05, 0.1) is 7.11 Å². The Kier molecular flexibility index (Phi) is 6.27. The molecule has 1 aromatic carbocycles. The molecular weight excluding hydrogens is 280 g/mol. The van der Waals surface area contributed by atoms with E-state index in [9.17, 15) is 0 Å². The van der Waals surface area contributed by atoms with E-state index < -0.39 is 0 Å². The lowest BCUT2D eigenvalue weighted by Crippen LogP contribution is -2.07. The van der Waals surface area contributed by atoms with Crippen LogP contribution in [0.1, 0.15) is 58.9 Å². The van der Waals surface area contributed by atoms with Crippen molar-refractivity contribution in [2.24, 2.45) is 5.92 Å². The molecule has 1 aliphatic carbocycles. The number of rotatable bonds is 6. The first-order chi connectivity index (χ1) is 11.2. The molecule has 0 saturated heterocycles. The average molecular weight is 310 g/mol. The molecule has 1 aliphatic rings. The number of allylic oxidation sites excluding steroid dienone is 6. The van der Waals surface area contributed by atoms with Gasteiger partial charge in [-0.25, -0.2) is 0 Å². The van der Waals surface area contributed by atoms with Gasteiger partial charge in [0.2, 0.25) is 0 Å². The Morgan fingerprint density at radius 1 is 0.870 bits per heavy atom. The lowest BCUT2D eigenvalue weighted by molar-refractivity contribution is 0.415. The Balaban J connectivity index is 2.56. The first-order valence-electron chi connectivity index (χ1n) is 8.96. The van der Waals surface area contributed by atoms with Gasteiger partial charge in [-0.1, -0.05) is 63.1 Å². The number of benzene rings is 1. The number of ether oxygens (including phenoxy) is 1. The topological polar surface area (TPSA) is 9.23 Å². The third-order valence-electron chi connectivity index (χ3n) is 4.95. The van der Waals surface area contributed by atoms with Crippen LogP contribution in [0.15, 0.2) is 53.1 Å². The fourth-order valence-electron chi connectivity index (χ4n) is 3.68. The van der Waals surface area contributed by atoms with Crippen LogP contribution in [-0.4, -0.2) is 7.11 Å². The van der Waals surface area contributed by atoms with Crippen LogP contribution in [0.2, 0.25) is 0 Å². The normalized spacial score (nSPS) is 18.4. The molecule has 0 amide bonds. The Morgan fingerprint density at radius 3 is 2.04 bits per heavy atom. The van der Waals surface area contributed by atoms with E-state index in [4.69, 9.17) is 4.74 Å². The Bertz CT molecular complexity index is 614. The van der Waals surface area contributed by atoms with Gasteiger partial charge in [0, 0.05) is 5.92 Å². The van der Waals surface area contributed by atoms with Crippen molar-refractivity contribution in [2.75, 3.05) is 7.11 Å². The van der Waals surface area contributed by atoms with Crippen molar-refractivity contribution >= 4 is 5.57 Å². The molecule has 0 radical (unpaired) electrons. The van der Waals surface area contributed by atoms with E-state index in [1.54, 1.807) is 18.3 Å². The molecule has 1 aromatic rings. The molecule has 1 unspecified atom stereocenters. The molecule has 0 saturated carbocycles. The first-order valence-corrected chi connectivity index (χ1v) is 8.96. The lowest BCUT2D eigenvalue weighted by Gasteiger charge is -2.22. The maximum atomic E-state index is 5.29. The summed E-state index contributed by atoms with van der Waals surface area (Å²) in [6.07, 6.45) is 9.39. The Hall–Kier alpha value is -1.76. The summed E-state index contributed by atoms with van der Waals surface area (Å²) in [6, 6.07) is 8.43. The second kappa shape index (κ2) is 8.19. The van der Waals surface area contributed by atoms with Gasteiger partial charge in [-0.15, -0.1) is 0 Å². The van der Waals surface area contributed by atoms with Gasteiger partial charge in [0.25, 0.3) is 0 Å². The fourth-order valence-corrected chi connectivity index (χ4v) is 3.68. The molecule has 1 atom stereocenters. The third-order valence-corrected chi connectivity index (χ3v) is 4.95. The van der Waals surface area contributed by atoms with E-state index in [-0.39, 0.29) is 0 Å². The number of methoxy groups -OCH3 is 1. The van der Waals surface area contributed by atoms with Crippen LogP contribution >= 0.6 is 0 Å². The van der Waals surface area contributed by atoms with Gasteiger partial charge < -0.3 is 4.74 Å². The highest BCUT2D eigenvalue weighted by Crippen LogP contribution is 2.38. The summed E-state index contributed by atoms with van der Waals surface area (Å²) in [7, 11) is 1.71. The highest BCUT2D eigenvalue weighted by molar-refractivity contribution is 5.78. The monoisotopic (exact) mass is 310 g/mol. The minimum absolute atomic E-state index is 0.604. The number of hydrogen-bond acceptors (Lipinski definition) is 1. The Labute approximate surface area is 141 Å². The van der Waals surface area contributed by atoms with Crippen LogP contribution in [0, 0.1) is 5.92 Å². The average Bonchev–Trinajstić information content (AvgIpc) is 2.77. The molecule has 23 heavy (non-hydrogen) atoms. The van der Waals surface area contributed by atoms with Gasteiger partial charge in [-0.2, -0.15) is 0 Å². The second-order valence-electron chi connectivity index (χ2n) is 6.12. The van der Waals surface area contributed by atoms with Crippen LogP contribution in [0.5, 0.6) is 5.75 Å². The zero-order valence-electron chi connectivity index (χ0n) is 15.3. The van der Waals surface area contributed by atoms with E-state index in [0.29, 0.717) is 5.92 Å². The minimum atomic E-state index is 0.604. The van der Waals surface area contributed by atoms with Crippen molar-refractivity contribution in [2.45, 2.75) is 53.4 Å². The molecule has 0 aromatic heterocycles. The fraction of sp³-hybridized carbons (Fsp3) is 0.455. The Morgan fingerprint density at radius 2 is 1.57 bits per heavy atom. The van der Waals surface area contributed by atoms with Gasteiger partial charge >= 0.3 is 0 Å². The van der Waals surface area contributed by atoms with Crippen molar-refractivity contribution in [3.8, 4) is 5.75 Å². The summed E-state index contributed by atoms with van der Waals surface area (Å²) in [6.45, 7) is 9.17. The van der Waals surface area contributed by atoms with Gasteiger partial charge in [0.1, 0.15) is 5.75 Å². The quantitative estimate of drug-likeness (QED) is 0.577. The summed E-state index contributed by atoms with van der Waals surface area (Å²) in [4.78, 5) is 0. The molecule has 124 valence electrons. The highest BCUT2D eigenvalue weighted by Gasteiger charge is 2.21. The maximum Gasteiger partial charge on any atom is 0.118 e. The molecule has 0 spiro atoms. The first kappa shape index (κ1) is 17.6. The molecular formula is C22H30O. The summed E-state index contributed by atoms with van der Waals surface area (Å²) >= 11 is 0. The van der Waals surface area contributed by atoms with Crippen LogP contribution in [0.3, 0.4) is 0 Å². The maximum absolute atomic E-state index is 5.29. The predicted molar refractivity (Wildman–Crippen MR) is 101 cm³/mol. The van der Waals surface area contributed by atoms with Crippen molar-refractivity contribution in [1.29, 1.82) is 0 Å². The lowest BCUT2D eigenvalue weighted by atomic mass is 9.83. The second-order valence-corrected chi connectivity index (χ2v) is 6.12. The van der Waals surface area contributed by atoms with Gasteiger partial charge in [-0.05, 0) is 54.5 Å². The molecule has 2 rings (SSSR count). The van der Waals surface area contributed by atoms with Gasteiger partial charge in [-0.3, -0.25) is 0 Å². The van der Waals surface area contributed by atoms with E-state index in [1.807, 2.05) is 12.1 Å². The van der Waals surface area contributed by atoms with Crippen LogP contribution in [0.25, 0.3) is 5.57 Å². The molecule has 0 fully saturated rings. The number of hydrogen-bond donors (Lipinski definition) is 0. The van der Waals surface area contributed by atoms with Crippen molar-refractivity contribution in [3.63, 3.8) is 0 Å². The summed E-state index contributed by atoms with van der Waals surface area (Å²) < 4.78 is 5.29. The molecule has 0 N–H and O–H groups in total. The molecule has 1 heteroatoms. The van der Waals surface area contributed by atoms with Crippen molar-refractivity contribution in [1.82, 2.24) is 0 Å². The van der Waals surface area contributed by atoms with E-state index in [2.05, 4.69) is 52.0 Å². The zero-order valence-corrected chi connectivity index (χ0v) is 15.3. The summed E-state index contributed by atoms with van der Waals surface area (Å²) in [5.41, 5.74) is 7.32. The third kappa shape index (κ3) is 3.77. The predicted octanol–water partition coefficient (Wildman–Crippen LogP) is 6.57. The van der Waals surface area contributed by atoms with Crippen LogP contribution in [-0.2, 0) is 0 Å². The summed E-state index contributed by atoms with van der Waals surface area (Å²) in [5, 5.41) is 0.